The first kappa shape index (κ1) is 14.3. The lowest BCUT2D eigenvalue weighted by Crippen LogP contribution is -2.10. The van der Waals surface area contributed by atoms with Crippen LogP contribution in [0.25, 0.3) is 0 Å². The second-order valence-corrected chi connectivity index (χ2v) is 5.40. The van der Waals surface area contributed by atoms with Crippen LogP contribution in [0.5, 0.6) is 0 Å². The van der Waals surface area contributed by atoms with E-state index in [1.54, 1.807) is 0 Å². The molecule has 0 heterocycles. The third-order valence-corrected chi connectivity index (χ3v) is 3.47. The van der Waals surface area contributed by atoms with Crippen molar-refractivity contribution in [3.05, 3.63) is 65.7 Å². The van der Waals surface area contributed by atoms with Crippen LogP contribution in [0.2, 0.25) is 0 Å². The molecule has 20 heavy (non-hydrogen) atoms. The normalized spacial score (nSPS) is 13.5. The van der Waals surface area contributed by atoms with Gasteiger partial charge in [0.1, 0.15) is 0 Å². The van der Waals surface area contributed by atoms with E-state index in [0.717, 1.165) is 22.5 Å². The van der Waals surface area contributed by atoms with Crippen molar-refractivity contribution >= 4 is 11.4 Å². The zero-order valence-electron chi connectivity index (χ0n) is 12.4. The predicted molar refractivity (Wildman–Crippen MR) is 87.1 cm³/mol. The van der Waals surface area contributed by atoms with Crippen molar-refractivity contribution in [1.29, 1.82) is 0 Å². The van der Waals surface area contributed by atoms with E-state index in [-0.39, 0.29) is 6.04 Å². The van der Waals surface area contributed by atoms with Gasteiger partial charge in [0.15, 0.2) is 0 Å². The molecule has 2 aromatic rings. The van der Waals surface area contributed by atoms with Crippen molar-refractivity contribution in [2.75, 3.05) is 5.73 Å². The fourth-order valence-corrected chi connectivity index (χ4v) is 2.32. The zero-order chi connectivity index (χ0) is 14.5. The number of nitrogen functional groups attached to an aromatic ring is 1. The van der Waals surface area contributed by atoms with Crippen LogP contribution in [0.1, 0.15) is 37.9 Å². The molecule has 0 spiro atoms. The summed E-state index contributed by atoms with van der Waals surface area (Å²) in [6.07, 6.45) is 0. The highest BCUT2D eigenvalue weighted by Gasteiger charge is 2.17. The first-order valence-corrected chi connectivity index (χ1v) is 7.04. The van der Waals surface area contributed by atoms with Crippen LogP contribution in [0.4, 0.5) is 5.69 Å². The Morgan fingerprint density at radius 3 is 2.15 bits per heavy atom. The summed E-state index contributed by atoms with van der Waals surface area (Å²) in [5.74, 6) is 0.401. The summed E-state index contributed by atoms with van der Waals surface area (Å²) in [6, 6.07) is 18.4. The highest BCUT2D eigenvalue weighted by molar-refractivity contribution is 5.98. The molecule has 2 heteroatoms. The van der Waals surface area contributed by atoms with E-state index in [9.17, 15) is 0 Å². The molecule has 0 aliphatic heterocycles. The highest BCUT2D eigenvalue weighted by atomic mass is 14.8. The molecule has 1 unspecified atom stereocenters. The Balaban J connectivity index is 2.38. The summed E-state index contributed by atoms with van der Waals surface area (Å²) in [5.41, 5.74) is 10.2. The average molecular weight is 266 g/mol. The van der Waals surface area contributed by atoms with Crippen LogP contribution in [0.3, 0.4) is 0 Å². The standard InChI is InChI=1S/C18H22N2/c1-13(2)18(16-11-7-8-12-17(16)19)20-14(3)15-9-5-4-6-10-15/h4-13,18H,19H2,1-3H3. The second kappa shape index (κ2) is 6.38. The number of para-hydroxylation sites is 1. The van der Waals surface area contributed by atoms with Crippen LogP contribution >= 0.6 is 0 Å². The molecule has 0 fully saturated rings. The summed E-state index contributed by atoms with van der Waals surface area (Å²) in [5, 5.41) is 0. The van der Waals surface area contributed by atoms with E-state index in [1.807, 2.05) is 36.4 Å². The van der Waals surface area contributed by atoms with E-state index < -0.39 is 0 Å². The van der Waals surface area contributed by atoms with Gasteiger partial charge in [0, 0.05) is 11.4 Å². The van der Waals surface area contributed by atoms with E-state index in [0.29, 0.717) is 5.92 Å². The van der Waals surface area contributed by atoms with E-state index in [1.165, 1.54) is 0 Å². The number of nitrogens with two attached hydrogens (primary N) is 1. The topological polar surface area (TPSA) is 38.4 Å². The fourth-order valence-electron chi connectivity index (χ4n) is 2.32. The van der Waals surface area contributed by atoms with Gasteiger partial charge >= 0.3 is 0 Å². The Morgan fingerprint density at radius 1 is 0.950 bits per heavy atom. The van der Waals surface area contributed by atoms with Crippen molar-refractivity contribution in [2.24, 2.45) is 10.9 Å². The Morgan fingerprint density at radius 2 is 1.55 bits per heavy atom. The lowest BCUT2D eigenvalue weighted by atomic mass is 9.95. The molecule has 0 aliphatic rings. The Labute approximate surface area is 121 Å². The maximum atomic E-state index is 6.10. The van der Waals surface area contributed by atoms with E-state index >= 15 is 0 Å². The number of rotatable bonds is 4. The van der Waals surface area contributed by atoms with Gasteiger partial charge in [-0.2, -0.15) is 0 Å². The van der Waals surface area contributed by atoms with E-state index in [2.05, 4.69) is 39.0 Å². The van der Waals surface area contributed by atoms with Gasteiger partial charge in [-0.1, -0.05) is 62.4 Å². The van der Waals surface area contributed by atoms with Crippen molar-refractivity contribution in [3.8, 4) is 0 Å². The first-order chi connectivity index (χ1) is 9.59. The minimum absolute atomic E-state index is 0.0939. The molecule has 104 valence electrons. The smallest absolute Gasteiger partial charge is 0.0795 e. The lowest BCUT2D eigenvalue weighted by molar-refractivity contribution is 0.518. The Bertz CT molecular complexity index is 585. The van der Waals surface area contributed by atoms with Crippen molar-refractivity contribution in [2.45, 2.75) is 26.8 Å². The predicted octanol–water partition coefficient (Wildman–Crippen LogP) is 4.48. The number of hydrogen-bond acceptors (Lipinski definition) is 2. The van der Waals surface area contributed by atoms with Gasteiger partial charge in [-0.3, -0.25) is 4.99 Å². The zero-order valence-corrected chi connectivity index (χ0v) is 12.4. The minimum atomic E-state index is 0.0939. The first-order valence-electron chi connectivity index (χ1n) is 7.04. The number of anilines is 1. The SMILES string of the molecule is CC(=NC(c1ccccc1N)C(C)C)c1ccccc1. The summed E-state index contributed by atoms with van der Waals surface area (Å²) in [4.78, 5) is 4.91. The molecule has 0 radical (unpaired) electrons. The highest BCUT2D eigenvalue weighted by Crippen LogP contribution is 2.30. The van der Waals surface area contributed by atoms with Gasteiger partial charge in [-0.15, -0.1) is 0 Å². The number of hydrogen-bond donors (Lipinski definition) is 1. The third-order valence-electron chi connectivity index (χ3n) is 3.47. The molecule has 0 saturated carbocycles. The van der Waals surface area contributed by atoms with Crippen LogP contribution in [0, 0.1) is 5.92 Å². The van der Waals surface area contributed by atoms with E-state index in [4.69, 9.17) is 10.7 Å². The van der Waals surface area contributed by atoms with Crippen LogP contribution in [0.15, 0.2) is 59.6 Å². The number of nitrogens with zero attached hydrogens (tertiary/aromatic N) is 1. The van der Waals surface area contributed by atoms with Crippen molar-refractivity contribution in [1.82, 2.24) is 0 Å². The van der Waals surface area contributed by atoms with Crippen LogP contribution in [-0.4, -0.2) is 5.71 Å². The third kappa shape index (κ3) is 3.27. The molecule has 0 aromatic heterocycles. The van der Waals surface area contributed by atoms with Crippen molar-refractivity contribution < 1.29 is 0 Å². The molecule has 0 bridgehead atoms. The van der Waals surface area contributed by atoms with Crippen LogP contribution in [-0.2, 0) is 0 Å². The molecule has 1 atom stereocenters. The number of benzene rings is 2. The van der Waals surface area contributed by atoms with Gasteiger partial charge in [0.25, 0.3) is 0 Å². The molecule has 2 rings (SSSR count). The maximum absolute atomic E-state index is 6.10. The molecule has 2 aromatic carbocycles. The van der Waals surface area contributed by atoms with Gasteiger partial charge in [0.2, 0.25) is 0 Å². The molecule has 0 aliphatic carbocycles. The Kier molecular flexibility index (Phi) is 4.57. The van der Waals surface area contributed by atoms with Crippen molar-refractivity contribution in [3.63, 3.8) is 0 Å². The number of aliphatic imine (C=N–C) groups is 1. The fraction of sp³-hybridized carbons (Fsp3) is 0.278. The average Bonchev–Trinajstić information content (AvgIpc) is 2.46. The monoisotopic (exact) mass is 266 g/mol. The summed E-state index contributed by atoms with van der Waals surface area (Å²) in [6.45, 7) is 6.42. The summed E-state index contributed by atoms with van der Waals surface area (Å²) >= 11 is 0. The largest absolute Gasteiger partial charge is 0.398 e. The quantitative estimate of drug-likeness (QED) is 0.643. The maximum Gasteiger partial charge on any atom is 0.0795 e. The summed E-state index contributed by atoms with van der Waals surface area (Å²) in [7, 11) is 0. The molecule has 0 amide bonds. The van der Waals surface area contributed by atoms with Crippen LogP contribution < -0.4 is 5.73 Å². The molecular formula is C18H22N2. The second-order valence-electron chi connectivity index (χ2n) is 5.40. The molecular weight excluding hydrogens is 244 g/mol. The minimum Gasteiger partial charge on any atom is -0.398 e. The summed E-state index contributed by atoms with van der Waals surface area (Å²) < 4.78 is 0. The lowest BCUT2D eigenvalue weighted by Gasteiger charge is -2.20. The van der Waals surface area contributed by atoms with Gasteiger partial charge in [-0.25, -0.2) is 0 Å². The van der Waals surface area contributed by atoms with Gasteiger partial charge < -0.3 is 5.73 Å². The molecule has 2 nitrogen and oxygen atoms in total. The van der Waals surface area contributed by atoms with Gasteiger partial charge in [0.05, 0.1) is 6.04 Å². The molecule has 2 N–H and O–H groups in total. The Hall–Kier alpha value is -2.09. The van der Waals surface area contributed by atoms with Gasteiger partial charge in [-0.05, 0) is 30.0 Å². The molecule has 0 saturated heterocycles.